The van der Waals surface area contributed by atoms with Gasteiger partial charge in [-0.3, -0.25) is 4.90 Å². The summed E-state index contributed by atoms with van der Waals surface area (Å²) in [7, 11) is 0. The summed E-state index contributed by atoms with van der Waals surface area (Å²) in [5.41, 5.74) is 8.66. The van der Waals surface area contributed by atoms with Crippen molar-refractivity contribution in [3.05, 3.63) is 40.0 Å². The van der Waals surface area contributed by atoms with Crippen LogP contribution in [0.1, 0.15) is 5.56 Å². The van der Waals surface area contributed by atoms with Crippen LogP contribution in [-0.2, 0) is 6.54 Å². The maximum absolute atomic E-state index is 13.5. The fourth-order valence-electron chi connectivity index (χ4n) is 1.74. The largest absolute Gasteiger partial charge is 0.287 e. The summed E-state index contributed by atoms with van der Waals surface area (Å²) in [4.78, 5) is 3.98. The van der Waals surface area contributed by atoms with E-state index >= 15 is 0 Å². The molecular weight excluding hydrogens is 233 g/mol. The molecule has 7 heteroatoms. The van der Waals surface area contributed by atoms with Crippen molar-refractivity contribution in [2.45, 2.75) is 12.5 Å². The molecular formula is C10H9F3N4. The van der Waals surface area contributed by atoms with Crippen LogP contribution in [0.3, 0.4) is 0 Å². The lowest BCUT2D eigenvalue weighted by Crippen LogP contribution is -2.55. The first-order valence-electron chi connectivity index (χ1n) is 4.94. The van der Waals surface area contributed by atoms with E-state index < -0.39 is 11.7 Å². The third-order valence-electron chi connectivity index (χ3n) is 2.50. The Balaban J connectivity index is 2.05. The van der Waals surface area contributed by atoms with Crippen LogP contribution >= 0.6 is 0 Å². The van der Waals surface area contributed by atoms with Crippen LogP contribution in [0, 0.1) is 5.82 Å². The van der Waals surface area contributed by atoms with Crippen molar-refractivity contribution >= 4 is 5.69 Å². The van der Waals surface area contributed by atoms with Crippen molar-refractivity contribution in [3.63, 3.8) is 0 Å². The van der Waals surface area contributed by atoms with Gasteiger partial charge < -0.3 is 0 Å². The number of halogens is 3. The monoisotopic (exact) mass is 242 g/mol. The quantitative estimate of drug-likeness (QED) is 0.456. The van der Waals surface area contributed by atoms with Crippen LogP contribution in [0.15, 0.2) is 23.3 Å². The number of alkyl halides is 2. The van der Waals surface area contributed by atoms with E-state index in [-0.39, 0.29) is 25.3 Å². The molecule has 4 nitrogen and oxygen atoms in total. The molecule has 90 valence electrons. The first kappa shape index (κ1) is 11.8. The van der Waals surface area contributed by atoms with Gasteiger partial charge in [-0.1, -0.05) is 17.2 Å². The van der Waals surface area contributed by atoms with Gasteiger partial charge in [-0.15, -0.1) is 0 Å². The first-order chi connectivity index (χ1) is 8.00. The maximum Gasteiger partial charge on any atom is 0.272 e. The Labute approximate surface area is 95.3 Å². The molecule has 1 aliphatic heterocycles. The molecule has 0 aliphatic carbocycles. The highest BCUT2D eigenvalue weighted by Crippen LogP contribution is 2.29. The number of azide groups is 1. The van der Waals surface area contributed by atoms with Gasteiger partial charge in [0.2, 0.25) is 0 Å². The lowest BCUT2D eigenvalue weighted by atomic mass is 10.1. The predicted molar refractivity (Wildman–Crippen MR) is 55.4 cm³/mol. The minimum Gasteiger partial charge on any atom is -0.287 e. The van der Waals surface area contributed by atoms with E-state index in [0.29, 0.717) is 5.56 Å². The van der Waals surface area contributed by atoms with Crippen molar-refractivity contribution < 1.29 is 13.2 Å². The lowest BCUT2D eigenvalue weighted by Gasteiger charge is -2.38. The van der Waals surface area contributed by atoms with E-state index in [1.54, 1.807) is 0 Å². The smallest absolute Gasteiger partial charge is 0.272 e. The summed E-state index contributed by atoms with van der Waals surface area (Å²) in [6.45, 7) is -0.549. The van der Waals surface area contributed by atoms with Gasteiger partial charge in [-0.25, -0.2) is 13.2 Å². The Hall–Kier alpha value is -1.72. The second-order valence-electron chi connectivity index (χ2n) is 3.97. The Morgan fingerprint density at radius 1 is 1.41 bits per heavy atom. The zero-order valence-electron chi connectivity index (χ0n) is 8.78. The average Bonchev–Trinajstić information content (AvgIpc) is 2.19. The van der Waals surface area contributed by atoms with E-state index in [2.05, 4.69) is 10.0 Å². The van der Waals surface area contributed by atoms with Crippen LogP contribution in [-0.4, -0.2) is 23.9 Å². The van der Waals surface area contributed by atoms with Crippen LogP contribution in [0.4, 0.5) is 18.9 Å². The molecule has 1 fully saturated rings. The molecule has 1 heterocycles. The number of benzene rings is 1. The van der Waals surface area contributed by atoms with E-state index in [0.717, 1.165) is 6.07 Å². The zero-order chi connectivity index (χ0) is 12.5. The van der Waals surface area contributed by atoms with E-state index in [1.807, 2.05) is 0 Å². The molecule has 0 radical (unpaired) electrons. The topological polar surface area (TPSA) is 52.0 Å². The predicted octanol–water partition coefficient (Wildman–Crippen LogP) is 3.22. The fraction of sp³-hybridized carbons (Fsp3) is 0.400. The Morgan fingerprint density at radius 3 is 2.65 bits per heavy atom. The summed E-state index contributed by atoms with van der Waals surface area (Å²) in [6, 6.07) is 3.98. The third-order valence-corrected chi connectivity index (χ3v) is 2.50. The van der Waals surface area contributed by atoms with Crippen LogP contribution in [0.25, 0.3) is 10.4 Å². The molecule has 0 saturated carbocycles. The Bertz CT molecular complexity index is 474. The summed E-state index contributed by atoms with van der Waals surface area (Å²) in [6.07, 6.45) is 0. The fourth-order valence-corrected chi connectivity index (χ4v) is 1.74. The third kappa shape index (κ3) is 2.69. The molecule has 0 atom stereocenters. The first-order valence-corrected chi connectivity index (χ1v) is 4.94. The highest BCUT2D eigenvalue weighted by atomic mass is 19.3. The molecule has 0 aromatic heterocycles. The summed E-state index contributed by atoms with van der Waals surface area (Å²) >= 11 is 0. The lowest BCUT2D eigenvalue weighted by molar-refractivity contribution is -0.134. The summed E-state index contributed by atoms with van der Waals surface area (Å²) < 4.78 is 38.6. The SMILES string of the molecule is [N-]=[N+]=Nc1ccc(CN2CC(F)(F)C2)c(F)c1. The van der Waals surface area contributed by atoms with Crippen molar-refractivity contribution in [3.8, 4) is 0 Å². The number of hydrogen-bond donors (Lipinski definition) is 0. The molecule has 0 N–H and O–H groups in total. The number of likely N-dealkylation sites (tertiary alicyclic amines) is 1. The molecule has 1 aromatic rings. The standard InChI is InChI=1S/C10H9F3N4/c11-9-3-8(15-16-14)2-1-7(9)4-17-5-10(12,13)6-17/h1-3H,4-6H2. The van der Waals surface area contributed by atoms with Crippen molar-refractivity contribution in [1.82, 2.24) is 4.90 Å². The Morgan fingerprint density at radius 2 is 2.12 bits per heavy atom. The molecule has 1 saturated heterocycles. The second-order valence-corrected chi connectivity index (χ2v) is 3.97. The van der Waals surface area contributed by atoms with Crippen LogP contribution in [0.2, 0.25) is 0 Å². The minimum absolute atomic E-state index is 0.137. The normalized spacial score (nSPS) is 18.3. The van der Waals surface area contributed by atoms with Crippen LogP contribution in [0.5, 0.6) is 0 Å². The maximum atomic E-state index is 13.5. The van der Waals surface area contributed by atoms with E-state index in [9.17, 15) is 13.2 Å². The summed E-state index contributed by atoms with van der Waals surface area (Å²) in [5, 5.41) is 3.25. The van der Waals surface area contributed by atoms with Gasteiger partial charge in [0, 0.05) is 22.7 Å². The number of rotatable bonds is 3. The van der Waals surface area contributed by atoms with Crippen LogP contribution < -0.4 is 0 Å². The molecule has 0 unspecified atom stereocenters. The van der Waals surface area contributed by atoms with E-state index in [1.165, 1.54) is 17.0 Å². The van der Waals surface area contributed by atoms with Crippen molar-refractivity contribution in [2.24, 2.45) is 5.11 Å². The highest BCUT2D eigenvalue weighted by molar-refractivity contribution is 5.39. The van der Waals surface area contributed by atoms with Gasteiger partial charge in [-0.2, -0.15) is 0 Å². The van der Waals surface area contributed by atoms with Gasteiger partial charge in [0.25, 0.3) is 5.92 Å². The van der Waals surface area contributed by atoms with Crippen molar-refractivity contribution in [2.75, 3.05) is 13.1 Å². The Kier molecular flexibility index (Phi) is 2.95. The van der Waals surface area contributed by atoms with Crippen molar-refractivity contribution in [1.29, 1.82) is 0 Å². The van der Waals surface area contributed by atoms with Gasteiger partial charge in [-0.05, 0) is 11.6 Å². The van der Waals surface area contributed by atoms with Gasteiger partial charge in [0.05, 0.1) is 13.1 Å². The van der Waals surface area contributed by atoms with Gasteiger partial charge in [0.15, 0.2) is 0 Å². The molecule has 0 spiro atoms. The molecule has 0 amide bonds. The second kappa shape index (κ2) is 4.27. The number of nitrogens with zero attached hydrogens (tertiary/aromatic N) is 4. The average molecular weight is 242 g/mol. The van der Waals surface area contributed by atoms with Gasteiger partial charge in [0.1, 0.15) is 5.82 Å². The summed E-state index contributed by atoms with van der Waals surface area (Å²) in [5.74, 6) is -3.20. The molecule has 2 rings (SSSR count). The highest BCUT2D eigenvalue weighted by Gasteiger charge is 2.43. The number of hydrogen-bond acceptors (Lipinski definition) is 2. The molecule has 1 aromatic carbocycles. The molecule has 1 aliphatic rings. The molecule has 0 bridgehead atoms. The molecule has 17 heavy (non-hydrogen) atoms. The van der Waals surface area contributed by atoms with Gasteiger partial charge >= 0.3 is 0 Å². The zero-order valence-corrected chi connectivity index (χ0v) is 8.78. The van der Waals surface area contributed by atoms with E-state index in [4.69, 9.17) is 5.53 Å². The minimum atomic E-state index is -2.65.